The SMILES string of the molecule is CC(NC(=O)/C=C\C(=O)O)S(=O)(=O)O. The third-order valence-electron chi connectivity index (χ3n) is 1.17. The predicted octanol–water partition coefficient (Wildman–Crippen LogP) is -1.02. The highest BCUT2D eigenvalue weighted by Crippen LogP contribution is 1.92. The molecule has 1 atom stereocenters. The van der Waals surface area contributed by atoms with Crippen LogP contribution in [0.5, 0.6) is 0 Å². The topological polar surface area (TPSA) is 121 Å². The molecule has 0 saturated heterocycles. The van der Waals surface area contributed by atoms with Crippen molar-refractivity contribution in [2.45, 2.75) is 12.3 Å². The van der Waals surface area contributed by atoms with Crippen molar-refractivity contribution in [2.24, 2.45) is 0 Å². The second kappa shape index (κ2) is 4.72. The molecule has 7 nitrogen and oxygen atoms in total. The number of carbonyl (C=O) groups excluding carboxylic acids is 1. The summed E-state index contributed by atoms with van der Waals surface area (Å²) in [6.45, 7) is 1.04. The third-order valence-corrected chi connectivity index (χ3v) is 2.18. The summed E-state index contributed by atoms with van der Waals surface area (Å²) in [6, 6.07) is 0. The van der Waals surface area contributed by atoms with Crippen LogP contribution in [0.1, 0.15) is 6.92 Å². The molecule has 1 unspecified atom stereocenters. The lowest BCUT2D eigenvalue weighted by molar-refractivity contribution is -0.131. The zero-order chi connectivity index (χ0) is 11.4. The van der Waals surface area contributed by atoms with Crippen LogP contribution in [0.2, 0.25) is 0 Å². The van der Waals surface area contributed by atoms with E-state index in [2.05, 4.69) is 0 Å². The second-order valence-electron chi connectivity index (χ2n) is 2.34. The number of rotatable bonds is 4. The molecule has 14 heavy (non-hydrogen) atoms. The van der Waals surface area contributed by atoms with Crippen LogP contribution in [0.15, 0.2) is 12.2 Å². The lowest BCUT2D eigenvalue weighted by Gasteiger charge is -2.07. The van der Waals surface area contributed by atoms with Crippen LogP contribution in [0.4, 0.5) is 0 Å². The van der Waals surface area contributed by atoms with Crippen LogP contribution >= 0.6 is 0 Å². The minimum absolute atomic E-state index is 0.548. The molecule has 0 spiro atoms. The van der Waals surface area contributed by atoms with Crippen LogP contribution in [0.25, 0.3) is 0 Å². The molecule has 0 rings (SSSR count). The van der Waals surface area contributed by atoms with Gasteiger partial charge in [0.25, 0.3) is 10.1 Å². The van der Waals surface area contributed by atoms with Gasteiger partial charge in [-0.15, -0.1) is 0 Å². The standard InChI is InChI=1S/C6H9NO6S/c1-4(14(11,12)13)7-5(8)2-3-6(9)10/h2-4H,1H3,(H,7,8)(H,9,10)(H,11,12,13)/b3-2-. The van der Waals surface area contributed by atoms with E-state index in [9.17, 15) is 18.0 Å². The molecule has 0 aliphatic rings. The first kappa shape index (κ1) is 12.6. The molecule has 0 aromatic heterocycles. The fourth-order valence-electron chi connectivity index (χ4n) is 0.470. The van der Waals surface area contributed by atoms with E-state index < -0.39 is 27.4 Å². The van der Waals surface area contributed by atoms with Crippen LogP contribution in [-0.4, -0.2) is 35.3 Å². The van der Waals surface area contributed by atoms with Crippen molar-refractivity contribution in [3.8, 4) is 0 Å². The van der Waals surface area contributed by atoms with E-state index in [-0.39, 0.29) is 0 Å². The average molecular weight is 223 g/mol. The summed E-state index contributed by atoms with van der Waals surface area (Å²) in [5.74, 6) is -2.25. The maximum Gasteiger partial charge on any atom is 0.328 e. The zero-order valence-electron chi connectivity index (χ0n) is 7.17. The van der Waals surface area contributed by atoms with E-state index in [0.29, 0.717) is 12.2 Å². The molecule has 0 aromatic carbocycles. The Morgan fingerprint density at radius 2 is 1.86 bits per heavy atom. The third kappa shape index (κ3) is 5.27. The molecule has 0 aromatic rings. The van der Waals surface area contributed by atoms with Crippen molar-refractivity contribution in [3.63, 3.8) is 0 Å². The summed E-state index contributed by atoms with van der Waals surface area (Å²) in [5.41, 5.74) is 0. The van der Waals surface area contributed by atoms with E-state index in [0.717, 1.165) is 6.92 Å². The Labute approximate surface area is 80.2 Å². The van der Waals surface area contributed by atoms with Crippen molar-refractivity contribution in [3.05, 3.63) is 12.2 Å². The summed E-state index contributed by atoms with van der Waals surface area (Å²) in [5, 5.41) is 8.49. The molecule has 0 saturated carbocycles. The molecular formula is C6H9NO6S. The van der Waals surface area contributed by atoms with Gasteiger partial charge in [0.2, 0.25) is 5.91 Å². The first-order valence-electron chi connectivity index (χ1n) is 3.41. The van der Waals surface area contributed by atoms with Gasteiger partial charge in [-0.05, 0) is 6.92 Å². The summed E-state index contributed by atoms with van der Waals surface area (Å²) in [6.07, 6.45) is 1.19. The van der Waals surface area contributed by atoms with Crippen molar-refractivity contribution in [2.75, 3.05) is 0 Å². The zero-order valence-corrected chi connectivity index (χ0v) is 7.98. The number of carboxylic acid groups (broad SMARTS) is 1. The first-order valence-corrected chi connectivity index (χ1v) is 4.91. The van der Waals surface area contributed by atoms with Gasteiger partial charge < -0.3 is 10.4 Å². The Balaban J connectivity index is 4.29. The van der Waals surface area contributed by atoms with Gasteiger partial charge in [-0.2, -0.15) is 8.42 Å². The van der Waals surface area contributed by atoms with Gasteiger partial charge in [0, 0.05) is 12.2 Å². The molecule has 0 fully saturated rings. The Bertz CT molecular complexity index is 357. The molecule has 0 radical (unpaired) electrons. The molecule has 80 valence electrons. The average Bonchev–Trinajstić information content (AvgIpc) is 1.99. The molecule has 3 N–H and O–H groups in total. The fraction of sp³-hybridized carbons (Fsp3) is 0.333. The van der Waals surface area contributed by atoms with Gasteiger partial charge in [0.1, 0.15) is 0 Å². The van der Waals surface area contributed by atoms with Gasteiger partial charge in [-0.1, -0.05) is 0 Å². The van der Waals surface area contributed by atoms with Crippen LogP contribution in [0, 0.1) is 0 Å². The predicted molar refractivity (Wildman–Crippen MR) is 45.9 cm³/mol. The van der Waals surface area contributed by atoms with Crippen molar-refractivity contribution < 1.29 is 27.7 Å². The van der Waals surface area contributed by atoms with Crippen molar-refractivity contribution >= 4 is 22.0 Å². The highest BCUT2D eigenvalue weighted by atomic mass is 32.2. The quantitative estimate of drug-likeness (QED) is 0.414. The number of hydrogen-bond acceptors (Lipinski definition) is 4. The van der Waals surface area contributed by atoms with E-state index in [1.807, 2.05) is 5.32 Å². The highest BCUT2D eigenvalue weighted by molar-refractivity contribution is 7.86. The first-order chi connectivity index (χ1) is 6.23. The lowest BCUT2D eigenvalue weighted by Crippen LogP contribution is -2.37. The molecule has 0 aliphatic carbocycles. The van der Waals surface area contributed by atoms with E-state index in [1.165, 1.54) is 0 Å². The smallest absolute Gasteiger partial charge is 0.328 e. The Kier molecular flexibility index (Phi) is 4.25. The monoisotopic (exact) mass is 223 g/mol. The highest BCUT2D eigenvalue weighted by Gasteiger charge is 2.17. The minimum atomic E-state index is -4.35. The van der Waals surface area contributed by atoms with Gasteiger partial charge in [-0.3, -0.25) is 9.35 Å². The van der Waals surface area contributed by atoms with Gasteiger partial charge in [0.05, 0.1) is 0 Å². The normalized spacial score (nSPS) is 13.9. The molecule has 0 bridgehead atoms. The van der Waals surface area contributed by atoms with E-state index in [4.69, 9.17) is 9.66 Å². The summed E-state index contributed by atoms with van der Waals surface area (Å²) in [7, 11) is -4.35. The maximum atomic E-state index is 10.8. The van der Waals surface area contributed by atoms with E-state index >= 15 is 0 Å². The number of carboxylic acids is 1. The number of hydrogen-bond donors (Lipinski definition) is 3. The van der Waals surface area contributed by atoms with Crippen molar-refractivity contribution in [1.29, 1.82) is 0 Å². The Hall–Kier alpha value is -1.41. The maximum absolute atomic E-state index is 10.8. The van der Waals surface area contributed by atoms with Crippen LogP contribution in [0.3, 0.4) is 0 Å². The Morgan fingerprint density at radius 3 is 2.21 bits per heavy atom. The van der Waals surface area contributed by atoms with Gasteiger partial charge in [-0.25, -0.2) is 4.79 Å². The van der Waals surface area contributed by atoms with Crippen LogP contribution < -0.4 is 5.32 Å². The molecular weight excluding hydrogens is 214 g/mol. The minimum Gasteiger partial charge on any atom is -0.478 e. The van der Waals surface area contributed by atoms with Gasteiger partial charge >= 0.3 is 5.97 Å². The number of aliphatic carboxylic acids is 1. The molecule has 0 aliphatic heterocycles. The number of amides is 1. The largest absolute Gasteiger partial charge is 0.478 e. The number of nitrogens with one attached hydrogen (secondary N) is 1. The fourth-order valence-corrected chi connectivity index (χ4v) is 0.735. The van der Waals surface area contributed by atoms with Crippen LogP contribution in [-0.2, 0) is 19.7 Å². The van der Waals surface area contributed by atoms with Gasteiger partial charge in [0.15, 0.2) is 5.37 Å². The molecule has 8 heteroatoms. The lowest BCUT2D eigenvalue weighted by atomic mass is 10.4. The Morgan fingerprint density at radius 1 is 1.36 bits per heavy atom. The van der Waals surface area contributed by atoms with Crippen molar-refractivity contribution in [1.82, 2.24) is 5.32 Å². The number of carbonyl (C=O) groups is 2. The molecule has 1 amide bonds. The summed E-state index contributed by atoms with van der Waals surface area (Å²) >= 11 is 0. The van der Waals surface area contributed by atoms with E-state index in [1.54, 1.807) is 0 Å². The summed E-state index contributed by atoms with van der Waals surface area (Å²) < 4.78 is 29.2. The molecule has 0 heterocycles. The second-order valence-corrected chi connectivity index (χ2v) is 4.07. The summed E-state index contributed by atoms with van der Waals surface area (Å²) in [4.78, 5) is 20.7.